The van der Waals surface area contributed by atoms with Gasteiger partial charge in [0.15, 0.2) is 0 Å². The van der Waals surface area contributed by atoms with Gasteiger partial charge in [-0.05, 0) is 60.9 Å². The minimum atomic E-state index is -3.81. The van der Waals surface area contributed by atoms with Crippen molar-refractivity contribution in [2.45, 2.75) is 24.2 Å². The third-order valence-electron chi connectivity index (χ3n) is 5.12. The molecule has 8 nitrogen and oxygen atoms in total. The minimum absolute atomic E-state index is 0.0417. The van der Waals surface area contributed by atoms with Crippen LogP contribution in [0.3, 0.4) is 0 Å². The van der Waals surface area contributed by atoms with Crippen molar-refractivity contribution in [3.05, 3.63) is 48.0 Å². The third-order valence-corrected chi connectivity index (χ3v) is 7.69. The standard InChI is InChI=1S/C19H21N3O5S2/c1-28(24,25)22-12-10-14-13-15(4-9-18(14)22)20-29(26,27)17-7-5-16(6-8-17)21-11-2-3-19(21)23/h4-9,13,20H,2-3,10-12H2,1H3. The molecule has 154 valence electrons. The first-order chi connectivity index (χ1) is 13.6. The van der Waals surface area contributed by atoms with Crippen LogP contribution < -0.4 is 13.9 Å². The summed E-state index contributed by atoms with van der Waals surface area (Å²) in [5.74, 6) is 0.0417. The molecule has 0 radical (unpaired) electrons. The van der Waals surface area contributed by atoms with Gasteiger partial charge in [0, 0.05) is 30.9 Å². The number of nitrogens with zero attached hydrogens (tertiary/aromatic N) is 2. The molecule has 0 bridgehead atoms. The van der Waals surface area contributed by atoms with Crippen molar-refractivity contribution >= 4 is 43.0 Å². The van der Waals surface area contributed by atoms with Crippen LogP contribution in [0.4, 0.5) is 17.1 Å². The highest BCUT2D eigenvalue weighted by Crippen LogP contribution is 2.33. The van der Waals surface area contributed by atoms with Gasteiger partial charge in [0.25, 0.3) is 10.0 Å². The molecule has 2 aliphatic rings. The number of hydrogen-bond donors (Lipinski definition) is 1. The molecule has 1 N–H and O–H groups in total. The molecule has 1 amide bonds. The van der Waals surface area contributed by atoms with Gasteiger partial charge in [-0.2, -0.15) is 0 Å². The van der Waals surface area contributed by atoms with Gasteiger partial charge in [0.2, 0.25) is 15.9 Å². The quantitative estimate of drug-likeness (QED) is 0.773. The highest BCUT2D eigenvalue weighted by atomic mass is 32.2. The molecule has 0 atom stereocenters. The number of carbonyl (C=O) groups is 1. The number of sulfonamides is 2. The summed E-state index contributed by atoms with van der Waals surface area (Å²) in [6.07, 6.45) is 2.99. The van der Waals surface area contributed by atoms with Crippen molar-refractivity contribution in [2.75, 3.05) is 33.3 Å². The number of anilines is 3. The number of rotatable bonds is 5. The Kier molecular flexibility index (Phi) is 4.78. The average molecular weight is 436 g/mol. The van der Waals surface area contributed by atoms with Crippen LogP contribution >= 0.6 is 0 Å². The second kappa shape index (κ2) is 7.03. The lowest BCUT2D eigenvalue weighted by molar-refractivity contribution is -0.117. The number of amides is 1. The van der Waals surface area contributed by atoms with Crippen LogP contribution in [0, 0.1) is 0 Å². The van der Waals surface area contributed by atoms with E-state index in [9.17, 15) is 21.6 Å². The number of benzene rings is 2. The summed E-state index contributed by atoms with van der Waals surface area (Å²) in [6, 6.07) is 11.0. The monoisotopic (exact) mass is 435 g/mol. The van der Waals surface area contributed by atoms with E-state index in [2.05, 4.69) is 4.72 Å². The zero-order valence-corrected chi connectivity index (χ0v) is 17.5. The molecule has 2 aliphatic heterocycles. The molecule has 2 heterocycles. The fraction of sp³-hybridized carbons (Fsp3) is 0.316. The number of hydrogen-bond acceptors (Lipinski definition) is 5. The smallest absolute Gasteiger partial charge is 0.261 e. The van der Waals surface area contributed by atoms with Crippen LogP contribution in [0.2, 0.25) is 0 Å². The topological polar surface area (TPSA) is 104 Å². The second-order valence-electron chi connectivity index (χ2n) is 7.18. The fourth-order valence-corrected chi connectivity index (χ4v) is 5.73. The van der Waals surface area contributed by atoms with Crippen molar-refractivity contribution < 1.29 is 21.6 Å². The Morgan fingerprint density at radius 2 is 1.66 bits per heavy atom. The Morgan fingerprint density at radius 3 is 2.28 bits per heavy atom. The predicted octanol–water partition coefficient (Wildman–Crippen LogP) is 1.94. The Balaban J connectivity index is 1.54. The van der Waals surface area contributed by atoms with Crippen LogP contribution in [0.1, 0.15) is 18.4 Å². The van der Waals surface area contributed by atoms with Crippen LogP contribution in [-0.2, 0) is 31.3 Å². The van der Waals surface area contributed by atoms with E-state index < -0.39 is 20.0 Å². The molecule has 0 spiro atoms. The van der Waals surface area contributed by atoms with E-state index in [1.165, 1.54) is 16.4 Å². The highest BCUT2D eigenvalue weighted by Gasteiger charge is 2.27. The summed E-state index contributed by atoms with van der Waals surface area (Å²) < 4.78 is 53.0. The largest absolute Gasteiger partial charge is 0.312 e. The van der Waals surface area contributed by atoms with E-state index in [1.807, 2.05) is 0 Å². The van der Waals surface area contributed by atoms with Gasteiger partial charge in [0.05, 0.1) is 16.8 Å². The molecule has 29 heavy (non-hydrogen) atoms. The zero-order chi connectivity index (χ0) is 20.8. The van der Waals surface area contributed by atoms with Crippen molar-refractivity contribution in [1.29, 1.82) is 0 Å². The Bertz CT molecular complexity index is 1170. The van der Waals surface area contributed by atoms with Gasteiger partial charge in [-0.1, -0.05) is 0 Å². The normalized spacial score (nSPS) is 16.9. The molecule has 0 saturated carbocycles. The van der Waals surface area contributed by atoms with E-state index >= 15 is 0 Å². The second-order valence-corrected chi connectivity index (χ2v) is 10.8. The lowest BCUT2D eigenvalue weighted by Crippen LogP contribution is -2.27. The number of carbonyl (C=O) groups excluding carboxylic acids is 1. The Morgan fingerprint density at radius 1 is 0.931 bits per heavy atom. The fourth-order valence-electron chi connectivity index (χ4n) is 3.72. The van der Waals surface area contributed by atoms with Gasteiger partial charge in [-0.15, -0.1) is 0 Å². The van der Waals surface area contributed by atoms with Crippen LogP contribution in [0.25, 0.3) is 0 Å². The minimum Gasteiger partial charge on any atom is -0.312 e. The summed E-state index contributed by atoms with van der Waals surface area (Å²) in [4.78, 5) is 13.6. The molecule has 4 rings (SSSR count). The predicted molar refractivity (Wildman–Crippen MR) is 111 cm³/mol. The first kappa shape index (κ1) is 19.7. The maximum atomic E-state index is 12.7. The van der Waals surface area contributed by atoms with Crippen LogP contribution in [-0.4, -0.2) is 42.1 Å². The number of nitrogens with one attached hydrogen (secondary N) is 1. The molecule has 0 aliphatic carbocycles. The van der Waals surface area contributed by atoms with Gasteiger partial charge in [-0.3, -0.25) is 13.8 Å². The van der Waals surface area contributed by atoms with Crippen molar-refractivity contribution in [2.24, 2.45) is 0 Å². The first-order valence-electron chi connectivity index (χ1n) is 9.19. The zero-order valence-electron chi connectivity index (χ0n) is 15.8. The maximum absolute atomic E-state index is 12.7. The maximum Gasteiger partial charge on any atom is 0.261 e. The SMILES string of the molecule is CS(=O)(=O)N1CCc2cc(NS(=O)(=O)c3ccc(N4CCCC4=O)cc3)ccc21. The summed E-state index contributed by atoms with van der Waals surface area (Å²) in [6.45, 7) is 0.990. The van der Waals surface area contributed by atoms with Crippen molar-refractivity contribution in [3.8, 4) is 0 Å². The third kappa shape index (κ3) is 3.82. The van der Waals surface area contributed by atoms with E-state index in [-0.39, 0.29) is 10.8 Å². The average Bonchev–Trinajstić information content (AvgIpc) is 3.27. The van der Waals surface area contributed by atoms with E-state index in [1.54, 1.807) is 35.2 Å². The molecule has 2 aromatic carbocycles. The van der Waals surface area contributed by atoms with E-state index in [0.29, 0.717) is 43.0 Å². The molecular formula is C19H21N3O5S2. The Labute approximate surface area is 170 Å². The van der Waals surface area contributed by atoms with E-state index in [0.717, 1.165) is 18.2 Å². The summed E-state index contributed by atoms with van der Waals surface area (Å²) >= 11 is 0. The van der Waals surface area contributed by atoms with Gasteiger partial charge < -0.3 is 4.90 Å². The number of fused-ring (bicyclic) bond motifs is 1. The molecule has 0 aromatic heterocycles. The Hall–Kier alpha value is -2.59. The first-order valence-corrected chi connectivity index (χ1v) is 12.5. The molecule has 1 fully saturated rings. The summed E-state index contributed by atoms with van der Waals surface area (Å²) in [5.41, 5.74) is 2.41. The molecule has 1 saturated heterocycles. The van der Waals surface area contributed by atoms with Crippen molar-refractivity contribution in [3.63, 3.8) is 0 Å². The van der Waals surface area contributed by atoms with Gasteiger partial charge in [-0.25, -0.2) is 16.8 Å². The highest BCUT2D eigenvalue weighted by molar-refractivity contribution is 7.92. The van der Waals surface area contributed by atoms with Crippen molar-refractivity contribution in [1.82, 2.24) is 0 Å². The molecule has 0 unspecified atom stereocenters. The van der Waals surface area contributed by atoms with Gasteiger partial charge in [0.1, 0.15) is 0 Å². The van der Waals surface area contributed by atoms with Crippen LogP contribution in [0.5, 0.6) is 0 Å². The lowest BCUT2D eigenvalue weighted by atomic mass is 10.1. The van der Waals surface area contributed by atoms with Gasteiger partial charge >= 0.3 is 0 Å². The molecular weight excluding hydrogens is 414 g/mol. The molecule has 10 heteroatoms. The summed E-state index contributed by atoms with van der Waals surface area (Å²) in [5, 5.41) is 0. The lowest BCUT2D eigenvalue weighted by Gasteiger charge is -2.17. The molecule has 2 aromatic rings. The summed E-state index contributed by atoms with van der Waals surface area (Å²) in [7, 11) is -7.17. The van der Waals surface area contributed by atoms with Crippen LogP contribution in [0.15, 0.2) is 47.4 Å². The van der Waals surface area contributed by atoms with E-state index in [4.69, 9.17) is 0 Å².